The molecule has 29 heavy (non-hydrogen) atoms. The zero-order valence-corrected chi connectivity index (χ0v) is 18.2. The predicted octanol–water partition coefficient (Wildman–Crippen LogP) is 2.35. The number of carbonyl (C=O) groups excluding carboxylic acids is 1. The van der Waals surface area contributed by atoms with Crippen LogP contribution in [0, 0.1) is 11.6 Å². The van der Waals surface area contributed by atoms with E-state index in [2.05, 4.69) is 15.6 Å². The third-order valence-electron chi connectivity index (χ3n) is 4.26. The van der Waals surface area contributed by atoms with Gasteiger partial charge in [0.2, 0.25) is 5.91 Å². The number of likely N-dealkylation sites (N-methyl/N-ethyl adjacent to an activating group) is 1. The average molecular weight is 535 g/mol. The molecule has 0 bridgehead atoms. The van der Waals surface area contributed by atoms with Crippen molar-refractivity contribution in [3.63, 3.8) is 0 Å². The molecule has 0 aromatic heterocycles. The number of nitrogens with one attached hydrogen (secondary N) is 2. The van der Waals surface area contributed by atoms with Gasteiger partial charge in [-0.05, 0) is 18.6 Å². The number of guanidine groups is 1. The van der Waals surface area contributed by atoms with E-state index >= 15 is 0 Å². The topological polar surface area (TPSA) is 60.0 Å². The molecular formula is C17H23F5IN5O. The van der Waals surface area contributed by atoms with Gasteiger partial charge in [-0.1, -0.05) is 6.07 Å². The molecule has 164 valence electrons. The fourth-order valence-corrected chi connectivity index (χ4v) is 2.91. The molecular weight excluding hydrogens is 512 g/mol. The van der Waals surface area contributed by atoms with Gasteiger partial charge in [0.05, 0.1) is 6.54 Å². The lowest BCUT2D eigenvalue weighted by molar-refractivity contribution is -0.157. The summed E-state index contributed by atoms with van der Waals surface area (Å²) in [5.41, 5.74) is -0.0984. The number of para-hydroxylation sites is 1. The Labute approximate surface area is 182 Å². The summed E-state index contributed by atoms with van der Waals surface area (Å²) < 4.78 is 64.8. The van der Waals surface area contributed by atoms with Crippen molar-refractivity contribution in [2.75, 3.05) is 45.2 Å². The summed E-state index contributed by atoms with van der Waals surface area (Å²) in [5, 5.41) is 5.66. The average Bonchev–Trinajstić information content (AvgIpc) is 3.04. The van der Waals surface area contributed by atoms with Crippen LogP contribution in [0.5, 0.6) is 0 Å². The summed E-state index contributed by atoms with van der Waals surface area (Å²) in [4.78, 5) is 17.8. The molecule has 1 aliphatic heterocycles. The van der Waals surface area contributed by atoms with Crippen LogP contribution < -0.4 is 15.5 Å². The van der Waals surface area contributed by atoms with Gasteiger partial charge in [0.15, 0.2) is 5.96 Å². The third kappa shape index (κ3) is 7.48. The minimum Gasteiger partial charge on any atom is -0.365 e. The minimum absolute atomic E-state index is 0. The predicted molar refractivity (Wildman–Crippen MR) is 111 cm³/mol. The number of benzene rings is 1. The molecule has 1 atom stereocenters. The van der Waals surface area contributed by atoms with Gasteiger partial charge in [-0.25, -0.2) is 8.78 Å². The Morgan fingerprint density at radius 1 is 1.31 bits per heavy atom. The molecule has 1 heterocycles. The molecule has 2 rings (SSSR count). The van der Waals surface area contributed by atoms with Gasteiger partial charge in [-0.2, -0.15) is 13.2 Å². The van der Waals surface area contributed by atoms with E-state index in [0.29, 0.717) is 24.4 Å². The molecule has 2 N–H and O–H groups in total. The van der Waals surface area contributed by atoms with Gasteiger partial charge in [-0.15, -0.1) is 24.0 Å². The SMILES string of the molecule is CN=C(NCC(=O)N(C)CC(F)(F)F)NC1CCN(c2c(F)cccc2F)C1.I. The zero-order chi connectivity index (χ0) is 20.9. The molecule has 1 aromatic carbocycles. The molecule has 1 amide bonds. The molecule has 1 fully saturated rings. The molecule has 0 saturated carbocycles. The number of carbonyl (C=O) groups is 1. The lowest BCUT2D eigenvalue weighted by atomic mass is 10.2. The number of hydrogen-bond donors (Lipinski definition) is 2. The summed E-state index contributed by atoms with van der Waals surface area (Å²) in [6, 6.07) is 3.46. The highest BCUT2D eigenvalue weighted by Crippen LogP contribution is 2.26. The second-order valence-corrected chi connectivity index (χ2v) is 6.44. The van der Waals surface area contributed by atoms with Crippen LogP contribution in [0.15, 0.2) is 23.2 Å². The molecule has 12 heteroatoms. The summed E-state index contributed by atoms with van der Waals surface area (Å²) in [6.45, 7) is -0.990. The quantitative estimate of drug-likeness (QED) is 0.263. The van der Waals surface area contributed by atoms with Gasteiger partial charge in [0, 0.05) is 33.2 Å². The Morgan fingerprint density at radius 2 is 1.93 bits per heavy atom. The van der Waals surface area contributed by atoms with E-state index in [9.17, 15) is 26.7 Å². The Balaban J connectivity index is 0.00000420. The van der Waals surface area contributed by atoms with Crippen LogP contribution in [0.3, 0.4) is 0 Å². The van der Waals surface area contributed by atoms with Crippen LogP contribution in [0.2, 0.25) is 0 Å². The van der Waals surface area contributed by atoms with Gasteiger partial charge in [0.25, 0.3) is 0 Å². The first-order valence-corrected chi connectivity index (χ1v) is 8.57. The first-order valence-electron chi connectivity index (χ1n) is 8.57. The maximum atomic E-state index is 13.9. The summed E-state index contributed by atoms with van der Waals surface area (Å²) in [6.07, 6.45) is -3.91. The minimum atomic E-state index is -4.47. The second kappa shape index (κ2) is 10.8. The summed E-state index contributed by atoms with van der Waals surface area (Å²) in [5.74, 6) is -1.83. The van der Waals surface area contributed by atoms with Gasteiger partial charge in [-0.3, -0.25) is 9.79 Å². The van der Waals surface area contributed by atoms with Crippen LogP contribution in [0.4, 0.5) is 27.6 Å². The first kappa shape index (κ1) is 25.2. The second-order valence-electron chi connectivity index (χ2n) is 6.44. The molecule has 1 saturated heterocycles. The first-order chi connectivity index (χ1) is 13.1. The van der Waals surface area contributed by atoms with Crippen molar-refractivity contribution in [1.82, 2.24) is 15.5 Å². The lowest BCUT2D eigenvalue weighted by Crippen LogP contribution is -2.48. The largest absolute Gasteiger partial charge is 0.406 e. The number of hydrogen-bond acceptors (Lipinski definition) is 3. The van der Waals surface area contributed by atoms with Crippen molar-refractivity contribution in [2.24, 2.45) is 4.99 Å². The van der Waals surface area contributed by atoms with Gasteiger partial charge < -0.3 is 20.4 Å². The number of rotatable bonds is 5. The van der Waals surface area contributed by atoms with Gasteiger partial charge in [0.1, 0.15) is 23.9 Å². The Hall–Kier alpha value is -1.86. The maximum Gasteiger partial charge on any atom is 0.406 e. The molecule has 1 aliphatic rings. The molecule has 6 nitrogen and oxygen atoms in total. The van der Waals surface area contributed by atoms with Crippen LogP contribution in [-0.4, -0.2) is 69.3 Å². The zero-order valence-electron chi connectivity index (χ0n) is 15.9. The summed E-state index contributed by atoms with van der Waals surface area (Å²) >= 11 is 0. The van der Waals surface area contributed by atoms with Crippen LogP contribution >= 0.6 is 24.0 Å². The van der Waals surface area contributed by atoms with E-state index in [4.69, 9.17) is 0 Å². The highest BCUT2D eigenvalue weighted by atomic mass is 127. The molecule has 1 aromatic rings. The monoisotopic (exact) mass is 535 g/mol. The van der Waals surface area contributed by atoms with Crippen molar-refractivity contribution in [2.45, 2.75) is 18.6 Å². The fourth-order valence-electron chi connectivity index (χ4n) is 2.91. The van der Waals surface area contributed by atoms with Gasteiger partial charge >= 0.3 is 6.18 Å². The number of halogens is 6. The standard InChI is InChI=1S/C17H22F5N5O.HI/c1-23-16(24-8-14(28)26(2)10-17(20,21)22)25-11-6-7-27(9-11)15-12(18)4-3-5-13(15)19;/h3-5,11H,6-10H2,1-2H3,(H2,23,24,25);1H. The molecule has 1 unspecified atom stereocenters. The van der Waals surface area contributed by atoms with E-state index < -0.39 is 30.3 Å². The van der Waals surface area contributed by atoms with Crippen molar-refractivity contribution in [1.29, 1.82) is 0 Å². The van der Waals surface area contributed by atoms with E-state index in [0.717, 1.165) is 7.05 Å². The third-order valence-corrected chi connectivity index (χ3v) is 4.26. The number of alkyl halides is 3. The van der Waals surface area contributed by atoms with E-state index in [1.807, 2.05) is 0 Å². The summed E-state index contributed by atoms with van der Waals surface area (Å²) in [7, 11) is 2.51. The van der Waals surface area contributed by atoms with E-state index in [1.54, 1.807) is 4.90 Å². The van der Waals surface area contributed by atoms with Crippen LogP contribution in [0.25, 0.3) is 0 Å². The molecule has 0 radical (unpaired) electrons. The smallest absolute Gasteiger partial charge is 0.365 e. The van der Waals surface area contributed by atoms with Crippen molar-refractivity contribution >= 4 is 41.5 Å². The Kier molecular flexibility index (Phi) is 9.36. The van der Waals surface area contributed by atoms with Crippen molar-refractivity contribution in [3.8, 4) is 0 Å². The van der Waals surface area contributed by atoms with E-state index in [-0.39, 0.29) is 48.2 Å². The highest BCUT2D eigenvalue weighted by molar-refractivity contribution is 14.0. The highest BCUT2D eigenvalue weighted by Gasteiger charge is 2.31. The Morgan fingerprint density at radius 3 is 2.48 bits per heavy atom. The maximum absolute atomic E-state index is 13.9. The van der Waals surface area contributed by atoms with Crippen LogP contribution in [-0.2, 0) is 4.79 Å². The number of aliphatic imine (C=N–C) groups is 1. The number of anilines is 1. The fraction of sp³-hybridized carbons (Fsp3) is 0.529. The van der Waals surface area contributed by atoms with E-state index in [1.165, 1.54) is 25.2 Å². The normalized spacial score (nSPS) is 17.0. The van der Waals surface area contributed by atoms with Crippen molar-refractivity contribution < 1.29 is 26.7 Å². The number of amides is 1. The molecule has 0 spiro atoms. The lowest BCUT2D eigenvalue weighted by Gasteiger charge is -2.22. The number of nitrogens with zero attached hydrogens (tertiary/aromatic N) is 3. The van der Waals surface area contributed by atoms with Crippen molar-refractivity contribution in [3.05, 3.63) is 29.8 Å². The van der Waals surface area contributed by atoms with Crippen LogP contribution in [0.1, 0.15) is 6.42 Å². The molecule has 0 aliphatic carbocycles. The Bertz CT molecular complexity index is 710.